The van der Waals surface area contributed by atoms with Gasteiger partial charge < -0.3 is 15.2 Å². The predicted octanol–water partition coefficient (Wildman–Crippen LogP) is 2.98. The van der Waals surface area contributed by atoms with E-state index in [-0.39, 0.29) is 0 Å². The van der Waals surface area contributed by atoms with Crippen molar-refractivity contribution in [1.29, 1.82) is 0 Å². The lowest BCUT2D eigenvalue weighted by Gasteiger charge is -2.14. The Morgan fingerprint density at radius 1 is 1.22 bits per heavy atom. The summed E-state index contributed by atoms with van der Waals surface area (Å²) >= 11 is 1.92. The molecule has 1 atom stereocenters. The van der Waals surface area contributed by atoms with Crippen molar-refractivity contribution in [2.75, 3.05) is 20.8 Å². The molecule has 0 bridgehead atoms. The molecule has 1 aromatic carbocycles. The van der Waals surface area contributed by atoms with Gasteiger partial charge in [0, 0.05) is 11.0 Å². The van der Waals surface area contributed by atoms with Crippen molar-refractivity contribution in [1.82, 2.24) is 0 Å². The van der Waals surface area contributed by atoms with Gasteiger partial charge in [-0.1, -0.05) is 6.92 Å². The molecule has 0 amide bonds. The van der Waals surface area contributed by atoms with Gasteiger partial charge in [-0.2, -0.15) is 11.8 Å². The Hall–Kier alpha value is -0.870. The zero-order valence-corrected chi connectivity index (χ0v) is 12.5. The van der Waals surface area contributed by atoms with Crippen LogP contribution in [0.1, 0.15) is 24.5 Å². The highest BCUT2D eigenvalue weighted by Gasteiger charge is 2.10. The molecule has 0 saturated carbocycles. The molecule has 2 N–H and O–H groups in total. The highest BCUT2D eigenvalue weighted by atomic mass is 32.2. The van der Waals surface area contributed by atoms with Crippen molar-refractivity contribution >= 4 is 11.8 Å². The first-order valence-electron chi connectivity index (χ1n) is 6.15. The van der Waals surface area contributed by atoms with Gasteiger partial charge in [-0.3, -0.25) is 0 Å². The molecule has 0 radical (unpaired) electrons. The van der Waals surface area contributed by atoms with Crippen LogP contribution in [0.25, 0.3) is 0 Å². The normalized spacial score (nSPS) is 12.3. The number of hydrogen-bond acceptors (Lipinski definition) is 4. The molecule has 102 valence electrons. The molecule has 0 aliphatic rings. The standard InChI is InChI=1S/C14H23NO2S/c1-10-7-13(16-3)14(17-4)8-12(10)9-18-11(2)5-6-15/h7-8,11H,5-6,9,15H2,1-4H3. The summed E-state index contributed by atoms with van der Waals surface area (Å²) in [5.41, 5.74) is 8.09. The molecule has 1 aromatic rings. The summed E-state index contributed by atoms with van der Waals surface area (Å²) in [5, 5.41) is 0.586. The third-order valence-electron chi connectivity index (χ3n) is 2.94. The third-order valence-corrected chi connectivity index (χ3v) is 4.22. The summed E-state index contributed by atoms with van der Waals surface area (Å²) in [6.45, 7) is 5.07. The second-order valence-electron chi connectivity index (χ2n) is 4.33. The van der Waals surface area contributed by atoms with Crippen LogP contribution in [0.4, 0.5) is 0 Å². The fraction of sp³-hybridized carbons (Fsp3) is 0.571. The number of thioether (sulfide) groups is 1. The maximum Gasteiger partial charge on any atom is 0.161 e. The smallest absolute Gasteiger partial charge is 0.161 e. The summed E-state index contributed by atoms with van der Waals surface area (Å²) in [6, 6.07) is 4.10. The second-order valence-corrected chi connectivity index (χ2v) is 5.76. The number of nitrogens with two attached hydrogens (primary N) is 1. The number of hydrogen-bond donors (Lipinski definition) is 1. The first kappa shape index (κ1) is 15.2. The van der Waals surface area contributed by atoms with Crippen LogP contribution in [0.5, 0.6) is 11.5 Å². The first-order chi connectivity index (χ1) is 8.62. The largest absolute Gasteiger partial charge is 0.493 e. The van der Waals surface area contributed by atoms with E-state index in [9.17, 15) is 0 Å². The van der Waals surface area contributed by atoms with E-state index in [2.05, 4.69) is 19.9 Å². The quantitative estimate of drug-likeness (QED) is 0.826. The molecule has 0 heterocycles. The van der Waals surface area contributed by atoms with Crippen molar-refractivity contribution in [3.63, 3.8) is 0 Å². The Labute approximate surface area is 114 Å². The van der Waals surface area contributed by atoms with Crippen molar-refractivity contribution in [2.24, 2.45) is 5.73 Å². The average Bonchev–Trinajstić information content (AvgIpc) is 2.37. The topological polar surface area (TPSA) is 44.5 Å². The van der Waals surface area contributed by atoms with Crippen LogP contribution in [0, 0.1) is 6.92 Å². The Bertz CT molecular complexity index is 382. The van der Waals surface area contributed by atoms with Gasteiger partial charge in [-0.25, -0.2) is 0 Å². The summed E-state index contributed by atoms with van der Waals surface area (Å²) in [4.78, 5) is 0. The summed E-state index contributed by atoms with van der Waals surface area (Å²) in [7, 11) is 3.33. The average molecular weight is 269 g/mol. The lowest BCUT2D eigenvalue weighted by atomic mass is 10.1. The van der Waals surface area contributed by atoms with Crippen LogP contribution in [-0.2, 0) is 5.75 Å². The number of methoxy groups -OCH3 is 2. The van der Waals surface area contributed by atoms with E-state index in [0.29, 0.717) is 5.25 Å². The summed E-state index contributed by atoms with van der Waals surface area (Å²) in [5.74, 6) is 2.57. The monoisotopic (exact) mass is 269 g/mol. The van der Waals surface area contributed by atoms with E-state index < -0.39 is 0 Å². The van der Waals surface area contributed by atoms with Gasteiger partial charge in [0.05, 0.1) is 14.2 Å². The Morgan fingerprint density at radius 2 is 1.83 bits per heavy atom. The summed E-state index contributed by atoms with van der Waals surface area (Å²) < 4.78 is 10.6. The highest BCUT2D eigenvalue weighted by molar-refractivity contribution is 7.99. The molecular weight excluding hydrogens is 246 g/mol. The van der Waals surface area contributed by atoms with E-state index in [4.69, 9.17) is 15.2 Å². The molecule has 0 saturated heterocycles. The van der Waals surface area contributed by atoms with E-state index in [0.717, 1.165) is 30.2 Å². The second kappa shape index (κ2) is 7.54. The fourth-order valence-electron chi connectivity index (χ4n) is 1.73. The Kier molecular flexibility index (Phi) is 6.36. The Balaban J connectivity index is 2.76. The zero-order chi connectivity index (χ0) is 13.5. The van der Waals surface area contributed by atoms with Crippen molar-refractivity contribution in [3.05, 3.63) is 23.3 Å². The predicted molar refractivity (Wildman–Crippen MR) is 78.7 cm³/mol. The van der Waals surface area contributed by atoms with Crippen LogP contribution in [-0.4, -0.2) is 26.0 Å². The van der Waals surface area contributed by atoms with Gasteiger partial charge in [0.2, 0.25) is 0 Å². The molecular formula is C14H23NO2S. The van der Waals surface area contributed by atoms with Gasteiger partial charge in [0.1, 0.15) is 0 Å². The van der Waals surface area contributed by atoms with Crippen LogP contribution in [0.2, 0.25) is 0 Å². The van der Waals surface area contributed by atoms with E-state index in [1.54, 1.807) is 14.2 Å². The minimum absolute atomic E-state index is 0.586. The summed E-state index contributed by atoms with van der Waals surface area (Å²) in [6.07, 6.45) is 1.05. The number of ether oxygens (including phenoxy) is 2. The Morgan fingerprint density at radius 3 is 2.39 bits per heavy atom. The van der Waals surface area contributed by atoms with E-state index in [1.165, 1.54) is 11.1 Å². The minimum Gasteiger partial charge on any atom is -0.493 e. The molecule has 0 aliphatic heterocycles. The lowest BCUT2D eigenvalue weighted by molar-refractivity contribution is 0.354. The van der Waals surface area contributed by atoms with E-state index in [1.807, 2.05) is 17.8 Å². The van der Waals surface area contributed by atoms with Crippen LogP contribution >= 0.6 is 11.8 Å². The van der Waals surface area contributed by atoms with Gasteiger partial charge in [0.15, 0.2) is 11.5 Å². The molecule has 4 heteroatoms. The third kappa shape index (κ3) is 4.10. The number of rotatable bonds is 7. The van der Waals surface area contributed by atoms with Gasteiger partial charge in [-0.05, 0) is 43.1 Å². The van der Waals surface area contributed by atoms with E-state index >= 15 is 0 Å². The zero-order valence-electron chi connectivity index (χ0n) is 11.7. The van der Waals surface area contributed by atoms with Gasteiger partial charge >= 0.3 is 0 Å². The highest BCUT2D eigenvalue weighted by Crippen LogP contribution is 2.32. The van der Waals surface area contributed by atoms with Crippen LogP contribution < -0.4 is 15.2 Å². The van der Waals surface area contributed by atoms with Crippen molar-refractivity contribution in [2.45, 2.75) is 31.3 Å². The SMILES string of the molecule is COc1cc(C)c(CSC(C)CCN)cc1OC. The molecule has 0 fully saturated rings. The minimum atomic E-state index is 0.586. The molecule has 0 spiro atoms. The maximum absolute atomic E-state index is 5.56. The first-order valence-corrected chi connectivity index (χ1v) is 7.20. The lowest BCUT2D eigenvalue weighted by Crippen LogP contribution is -2.07. The fourth-order valence-corrected chi connectivity index (χ4v) is 2.81. The molecule has 18 heavy (non-hydrogen) atoms. The number of benzene rings is 1. The molecule has 1 rings (SSSR count). The van der Waals surface area contributed by atoms with Crippen molar-refractivity contribution < 1.29 is 9.47 Å². The molecule has 3 nitrogen and oxygen atoms in total. The van der Waals surface area contributed by atoms with Crippen LogP contribution in [0.3, 0.4) is 0 Å². The molecule has 1 unspecified atom stereocenters. The van der Waals surface area contributed by atoms with Crippen LogP contribution in [0.15, 0.2) is 12.1 Å². The molecule has 0 aromatic heterocycles. The van der Waals surface area contributed by atoms with Gasteiger partial charge in [-0.15, -0.1) is 0 Å². The number of aryl methyl sites for hydroxylation is 1. The van der Waals surface area contributed by atoms with Gasteiger partial charge in [0.25, 0.3) is 0 Å². The van der Waals surface area contributed by atoms with Crippen molar-refractivity contribution in [3.8, 4) is 11.5 Å². The molecule has 0 aliphatic carbocycles. The maximum atomic E-state index is 5.56.